The van der Waals surface area contributed by atoms with Gasteiger partial charge in [0.05, 0.1) is 4.90 Å². The van der Waals surface area contributed by atoms with Crippen LogP contribution in [0.1, 0.15) is 17.0 Å². The van der Waals surface area contributed by atoms with Crippen LogP contribution < -0.4 is 15.8 Å². The fourth-order valence-electron chi connectivity index (χ4n) is 2.43. The standard InChI is InChI=1S/C17H20N6O3S/c1-11-9-15(21-16-10-12(2)26-23-16)22-17(20-11)19-8-7-13-3-5-14(6-4-13)27(18,24)25/h3-6,9-10H,7-8H2,1-2H3,(H2,18,24,25)(H2,19,20,21,22,23). The molecule has 10 heteroatoms. The van der Waals surface area contributed by atoms with Crippen LogP contribution >= 0.6 is 0 Å². The number of nitrogens with two attached hydrogens (primary N) is 1. The van der Waals surface area contributed by atoms with Crippen molar-refractivity contribution in [2.75, 3.05) is 17.2 Å². The van der Waals surface area contributed by atoms with E-state index < -0.39 is 10.0 Å². The van der Waals surface area contributed by atoms with Crippen LogP contribution in [0.15, 0.2) is 45.8 Å². The molecule has 0 saturated heterocycles. The highest BCUT2D eigenvalue weighted by Gasteiger charge is 2.08. The van der Waals surface area contributed by atoms with E-state index in [1.807, 2.05) is 13.8 Å². The van der Waals surface area contributed by atoms with Gasteiger partial charge < -0.3 is 15.2 Å². The van der Waals surface area contributed by atoms with Gasteiger partial charge in [-0.15, -0.1) is 0 Å². The molecule has 2 heterocycles. The minimum absolute atomic E-state index is 0.0973. The largest absolute Gasteiger partial charge is 0.360 e. The Morgan fingerprint density at radius 1 is 1.07 bits per heavy atom. The molecule has 0 atom stereocenters. The molecule has 9 nitrogen and oxygen atoms in total. The number of benzene rings is 1. The average Bonchev–Trinajstić information content (AvgIpc) is 2.99. The first-order valence-electron chi connectivity index (χ1n) is 8.21. The summed E-state index contributed by atoms with van der Waals surface area (Å²) in [5, 5.41) is 15.2. The number of hydrogen-bond donors (Lipinski definition) is 3. The number of anilines is 3. The second-order valence-electron chi connectivity index (χ2n) is 6.03. The Morgan fingerprint density at radius 2 is 1.81 bits per heavy atom. The minimum atomic E-state index is -3.67. The average molecular weight is 388 g/mol. The van der Waals surface area contributed by atoms with Crippen molar-refractivity contribution in [2.45, 2.75) is 25.2 Å². The Morgan fingerprint density at radius 3 is 2.44 bits per heavy atom. The molecule has 142 valence electrons. The molecular formula is C17H20N6O3S. The Hall–Kier alpha value is -2.98. The van der Waals surface area contributed by atoms with Crippen molar-refractivity contribution in [3.63, 3.8) is 0 Å². The molecule has 0 amide bonds. The normalized spacial score (nSPS) is 11.4. The van der Waals surface area contributed by atoms with Gasteiger partial charge in [-0.25, -0.2) is 18.5 Å². The molecule has 3 rings (SSSR count). The van der Waals surface area contributed by atoms with Gasteiger partial charge in [0.2, 0.25) is 16.0 Å². The topological polar surface area (TPSA) is 136 Å². The molecule has 0 radical (unpaired) electrons. The Kier molecular flexibility index (Phi) is 5.38. The number of primary sulfonamides is 1. The number of aromatic nitrogens is 3. The SMILES string of the molecule is Cc1cc(Nc2cc(C)on2)nc(NCCc2ccc(S(N)(=O)=O)cc2)n1. The lowest BCUT2D eigenvalue weighted by Gasteiger charge is -2.09. The van der Waals surface area contributed by atoms with E-state index >= 15 is 0 Å². The summed E-state index contributed by atoms with van der Waals surface area (Å²) in [6.07, 6.45) is 0.674. The molecule has 1 aromatic carbocycles. The second-order valence-corrected chi connectivity index (χ2v) is 7.59. The van der Waals surface area contributed by atoms with Gasteiger partial charge in [0.25, 0.3) is 0 Å². The van der Waals surface area contributed by atoms with E-state index in [4.69, 9.17) is 9.66 Å². The lowest BCUT2D eigenvalue weighted by molar-refractivity contribution is 0.400. The van der Waals surface area contributed by atoms with E-state index in [1.54, 1.807) is 24.3 Å². The number of rotatable bonds is 7. The zero-order chi connectivity index (χ0) is 19.4. The summed E-state index contributed by atoms with van der Waals surface area (Å²) >= 11 is 0. The van der Waals surface area contributed by atoms with Gasteiger partial charge in [-0.1, -0.05) is 17.3 Å². The van der Waals surface area contributed by atoms with Crippen LogP contribution in [0.5, 0.6) is 0 Å². The molecule has 3 aromatic rings. The number of hydrogen-bond acceptors (Lipinski definition) is 8. The van der Waals surface area contributed by atoms with Crippen molar-refractivity contribution < 1.29 is 12.9 Å². The number of sulfonamides is 1. The van der Waals surface area contributed by atoms with Crippen LogP contribution in [0.3, 0.4) is 0 Å². The number of nitrogens with one attached hydrogen (secondary N) is 2. The highest BCUT2D eigenvalue weighted by atomic mass is 32.2. The smallest absolute Gasteiger partial charge is 0.238 e. The molecular weight excluding hydrogens is 368 g/mol. The van der Waals surface area contributed by atoms with E-state index in [0.717, 1.165) is 11.3 Å². The van der Waals surface area contributed by atoms with E-state index in [2.05, 4.69) is 25.8 Å². The number of aryl methyl sites for hydroxylation is 2. The van der Waals surface area contributed by atoms with Crippen molar-refractivity contribution in [2.24, 2.45) is 5.14 Å². The third-order valence-electron chi connectivity index (χ3n) is 3.69. The molecule has 0 aliphatic carbocycles. The molecule has 0 bridgehead atoms. The van der Waals surface area contributed by atoms with Crippen molar-refractivity contribution in [1.82, 2.24) is 15.1 Å². The monoisotopic (exact) mass is 388 g/mol. The van der Waals surface area contributed by atoms with Crippen LogP contribution in [0, 0.1) is 13.8 Å². The van der Waals surface area contributed by atoms with E-state index in [1.165, 1.54) is 12.1 Å². The zero-order valence-corrected chi connectivity index (χ0v) is 15.7. The summed E-state index contributed by atoms with van der Waals surface area (Å²) in [4.78, 5) is 8.86. The molecule has 0 saturated carbocycles. The van der Waals surface area contributed by atoms with Gasteiger partial charge in [-0.2, -0.15) is 4.98 Å². The zero-order valence-electron chi connectivity index (χ0n) is 14.9. The molecule has 0 fully saturated rings. The predicted molar refractivity (Wildman–Crippen MR) is 101 cm³/mol. The highest BCUT2D eigenvalue weighted by Crippen LogP contribution is 2.16. The summed E-state index contributed by atoms with van der Waals surface area (Å²) < 4.78 is 27.6. The van der Waals surface area contributed by atoms with Crippen molar-refractivity contribution in [3.8, 4) is 0 Å². The fourth-order valence-corrected chi connectivity index (χ4v) is 2.95. The van der Waals surface area contributed by atoms with Crippen molar-refractivity contribution in [1.29, 1.82) is 0 Å². The first-order chi connectivity index (χ1) is 12.8. The summed E-state index contributed by atoms with van der Waals surface area (Å²) in [5.74, 6) is 2.37. The van der Waals surface area contributed by atoms with Crippen molar-refractivity contribution >= 4 is 27.6 Å². The molecule has 0 aliphatic heterocycles. The van der Waals surface area contributed by atoms with Gasteiger partial charge >= 0.3 is 0 Å². The minimum Gasteiger partial charge on any atom is -0.360 e. The lowest BCUT2D eigenvalue weighted by atomic mass is 10.1. The maximum atomic E-state index is 11.3. The first-order valence-corrected chi connectivity index (χ1v) is 9.76. The van der Waals surface area contributed by atoms with Gasteiger partial charge in [0, 0.05) is 24.4 Å². The Labute approximate surface area is 157 Å². The summed E-state index contributed by atoms with van der Waals surface area (Å²) in [6, 6.07) is 10.0. The fraction of sp³-hybridized carbons (Fsp3) is 0.235. The summed E-state index contributed by atoms with van der Waals surface area (Å²) in [6.45, 7) is 4.27. The van der Waals surface area contributed by atoms with Crippen LogP contribution in [0.25, 0.3) is 0 Å². The van der Waals surface area contributed by atoms with Crippen LogP contribution in [-0.2, 0) is 16.4 Å². The van der Waals surface area contributed by atoms with Gasteiger partial charge in [0.1, 0.15) is 11.6 Å². The Bertz CT molecular complexity index is 1030. The highest BCUT2D eigenvalue weighted by molar-refractivity contribution is 7.89. The van der Waals surface area contributed by atoms with E-state index in [0.29, 0.717) is 36.3 Å². The third kappa shape index (κ3) is 5.25. The van der Waals surface area contributed by atoms with Gasteiger partial charge in [-0.05, 0) is 38.0 Å². The van der Waals surface area contributed by atoms with E-state index in [-0.39, 0.29) is 4.90 Å². The second kappa shape index (κ2) is 7.72. The summed E-state index contributed by atoms with van der Waals surface area (Å²) in [7, 11) is -3.67. The molecule has 27 heavy (non-hydrogen) atoms. The number of nitrogens with zero attached hydrogens (tertiary/aromatic N) is 3. The quantitative estimate of drug-likeness (QED) is 0.560. The molecule has 2 aromatic heterocycles. The predicted octanol–water partition coefficient (Wildman–Crippen LogP) is 2.13. The van der Waals surface area contributed by atoms with Crippen LogP contribution in [0.2, 0.25) is 0 Å². The molecule has 0 spiro atoms. The maximum absolute atomic E-state index is 11.3. The molecule has 0 aliphatic rings. The molecule has 0 unspecified atom stereocenters. The first kappa shape index (κ1) is 18.8. The summed E-state index contributed by atoms with van der Waals surface area (Å²) in [5.41, 5.74) is 1.77. The Balaban J connectivity index is 1.60. The maximum Gasteiger partial charge on any atom is 0.238 e. The molecule has 4 N–H and O–H groups in total. The lowest BCUT2D eigenvalue weighted by Crippen LogP contribution is -2.12. The van der Waals surface area contributed by atoms with Crippen LogP contribution in [-0.4, -0.2) is 30.1 Å². The van der Waals surface area contributed by atoms with Gasteiger partial charge in [0.15, 0.2) is 5.82 Å². The van der Waals surface area contributed by atoms with E-state index in [9.17, 15) is 8.42 Å². The van der Waals surface area contributed by atoms with Gasteiger partial charge in [-0.3, -0.25) is 0 Å². The third-order valence-corrected chi connectivity index (χ3v) is 4.62. The van der Waals surface area contributed by atoms with Crippen LogP contribution in [0.4, 0.5) is 17.6 Å². The van der Waals surface area contributed by atoms with Crippen molar-refractivity contribution in [3.05, 3.63) is 53.4 Å².